The van der Waals surface area contributed by atoms with Crippen LogP contribution in [0.25, 0.3) is 6.08 Å². The van der Waals surface area contributed by atoms with Gasteiger partial charge >= 0.3 is 5.97 Å². The molecule has 0 aromatic carbocycles. The van der Waals surface area contributed by atoms with E-state index in [2.05, 4.69) is 4.98 Å². The maximum Gasteiger partial charge on any atom is 0.328 e. The molecule has 0 saturated carbocycles. The highest BCUT2D eigenvalue weighted by Crippen LogP contribution is 2.18. The number of aryl methyl sites for hydroxylation is 1. The summed E-state index contributed by atoms with van der Waals surface area (Å²) in [6.45, 7) is 5.00. The van der Waals surface area contributed by atoms with Crippen molar-refractivity contribution in [2.75, 3.05) is 12.4 Å². The largest absolute Gasteiger partial charge is 0.490 e. The normalized spacial score (nSPS) is 12.0. The number of pyridine rings is 1. The van der Waals surface area contributed by atoms with Crippen molar-refractivity contribution in [1.29, 1.82) is 0 Å². The molecule has 0 saturated heterocycles. The predicted octanol–water partition coefficient (Wildman–Crippen LogP) is 1.69. The zero-order valence-electron chi connectivity index (χ0n) is 12.2. The average molecular weight is 313 g/mol. The molecule has 0 unspecified atom stereocenters. The molecule has 0 fully saturated rings. The number of aromatic nitrogens is 1. The van der Waals surface area contributed by atoms with Gasteiger partial charge in [0.15, 0.2) is 9.84 Å². The van der Waals surface area contributed by atoms with Gasteiger partial charge in [0, 0.05) is 11.8 Å². The van der Waals surface area contributed by atoms with Gasteiger partial charge < -0.3 is 9.84 Å². The summed E-state index contributed by atoms with van der Waals surface area (Å²) < 4.78 is 28.8. The highest BCUT2D eigenvalue weighted by molar-refractivity contribution is 7.91. The fourth-order valence-electron chi connectivity index (χ4n) is 1.46. The molecule has 1 aromatic heterocycles. The second-order valence-electron chi connectivity index (χ2n) is 4.77. The van der Waals surface area contributed by atoms with Crippen LogP contribution in [0.2, 0.25) is 0 Å². The zero-order chi connectivity index (χ0) is 16.0. The minimum absolute atomic E-state index is 0.000828. The minimum Gasteiger partial charge on any atom is -0.490 e. The van der Waals surface area contributed by atoms with E-state index in [1.807, 2.05) is 0 Å². The first-order chi connectivity index (χ1) is 9.72. The summed E-state index contributed by atoms with van der Waals surface area (Å²) in [4.78, 5) is 14.7. The first-order valence-corrected chi connectivity index (χ1v) is 8.17. The summed E-state index contributed by atoms with van der Waals surface area (Å²) in [6, 6.07) is 3.36. The van der Waals surface area contributed by atoms with E-state index in [0.717, 1.165) is 6.08 Å². The van der Waals surface area contributed by atoms with Gasteiger partial charge in [-0.05, 0) is 39.0 Å². The second-order valence-corrected chi connectivity index (χ2v) is 7.45. The molecule has 21 heavy (non-hydrogen) atoms. The number of carboxylic acids is 1. The van der Waals surface area contributed by atoms with E-state index in [1.54, 1.807) is 32.9 Å². The maximum absolute atomic E-state index is 11.7. The van der Waals surface area contributed by atoms with Gasteiger partial charge in [0.2, 0.25) is 0 Å². The Morgan fingerprint density at radius 3 is 2.67 bits per heavy atom. The number of carboxylic acid groups (broad SMARTS) is 1. The fraction of sp³-hybridized carbons (Fsp3) is 0.429. The van der Waals surface area contributed by atoms with Gasteiger partial charge in [0.1, 0.15) is 18.1 Å². The van der Waals surface area contributed by atoms with Crippen LogP contribution in [0, 0.1) is 6.92 Å². The Labute approximate surface area is 124 Å². The molecular weight excluding hydrogens is 294 g/mol. The Morgan fingerprint density at radius 1 is 1.43 bits per heavy atom. The molecule has 1 rings (SSSR count). The number of carbonyl (C=O) groups is 1. The Bertz CT molecular complexity index is 635. The third kappa shape index (κ3) is 5.55. The topological polar surface area (TPSA) is 93.6 Å². The Kier molecular flexibility index (Phi) is 5.90. The fourth-order valence-corrected chi connectivity index (χ4v) is 2.25. The van der Waals surface area contributed by atoms with Gasteiger partial charge in [-0.3, -0.25) is 0 Å². The molecule has 1 N–H and O–H groups in total. The third-order valence-electron chi connectivity index (χ3n) is 2.75. The van der Waals surface area contributed by atoms with Crippen LogP contribution in [0.1, 0.15) is 25.2 Å². The van der Waals surface area contributed by atoms with Crippen molar-refractivity contribution in [1.82, 2.24) is 4.98 Å². The molecule has 0 atom stereocenters. The predicted molar refractivity (Wildman–Crippen MR) is 80.1 cm³/mol. The smallest absolute Gasteiger partial charge is 0.328 e. The van der Waals surface area contributed by atoms with Crippen molar-refractivity contribution < 1.29 is 23.1 Å². The van der Waals surface area contributed by atoms with Crippen molar-refractivity contribution in [2.45, 2.75) is 26.0 Å². The number of hydrogen-bond donors (Lipinski definition) is 1. The molecule has 0 spiro atoms. The Morgan fingerprint density at radius 2 is 2.10 bits per heavy atom. The highest BCUT2D eigenvalue weighted by Gasteiger charge is 2.16. The van der Waals surface area contributed by atoms with Gasteiger partial charge in [-0.15, -0.1) is 0 Å². The minimum atomic E-state index is -3.17. The van der Waals surface area contributed by atoms with Crippen LogP contribution >= 0.6 is 0 Å². The Balaban J connectivity index is 2.82. The number of rotatable bonds is 7. The molecule has 0 radical (unpaired) electrons. The average Bonchev–Trinajstić information content (AvgIpc) is 2.38. The van der Waals surface area contributed by atoms with Gasteiger partial charge in [0.25, 0.3) is 0 Å². The van der Waals surface area contributed by atoms with Crippen LogP contribution in [0.4, 0.5) is 0 Å². The second kappa shape index (κ2) is 7.21. The number of nitrogens with zero attached hydrogens (tertiary/aromatic N) is 1. The molecule has 0 bridgehead atoms. The molecular formula is C14H19NO5S. The van der Waals surface area contributed by atoms with Crippen LogP contribution in [0.3, 0.4) is 0 Å². The number of hydrogen-bond acceptors (Lipinski definition) is 5. The lowest BCUT2D eigenvalue weighted by atomic mass is 10.2. The van der Waals surface area contributed by atoms with E-state index in [-0.39, 0.29) is 12.4 Å². The van der Waals surface area contributed by atoms with Crippen LogP contribution in [-0.4, -0.2) is 42.1 Å². The first-order valence-electron chi connectivity index (χ1n) is 6.45. The summed E-state index contributed by atoms with van der Waals surface area (Å²) in [7, 11) is -3.17. The van der Waals surface area contributed by atoms with Crippen molar-refractivity contribution in [3.8, 4) is 5.75 Å². The molecule has 6 nitrogen and oxygen atoms in total. The summed E-state index contributed by atoms with van der Waals surface area (Å²) in [5.41, 5.74) is 1.07. The summed E-state index contributed by atoms with van der Waals surface area (Å²) >= 11 is 0. The quantitative estimate of drug-likeness (QED) is 0.770. The van der Waals surface area contributed by atoms with E-state index < -0.39 is 21.1 Å². The standard InChI is InChI=1S/C14H19NO5S/c1-10(2)21(18,19)9-8-20-13-6-4-11(3)15-12(13)5-7-14(16)17/h4-7,10H,8-9H2,1-3H3,(H,16,17)/b7-5+. The molecule has 1 aromatic rings. The number of ether oxygens (including phenoxy) is 1. The molecule has 0 aliphatic carbocycles. The summed E-state index contributed by atoms with van der Waals surface area (Å²) in [5.74, 6) is -0.829. The maximum atomic E-state index is 11.7. The van der Waals surface area contributed by atoms with Gasteiger partial charge in [-0.25, -0.2) is 18.2 Å². The Hall–Kier alpha value is -1.89. The third-order valence-corrected chi connectivity index (χ3v) is 4.92. The van der Waals surface area contributed by atoms with Crippen molar-refractivity contribution in [3.05, 3.63) is 29.6 Å². The lowest BCUT2D eigenvalue weighted by Crippen LogP contribution is -2.22. The van der Waals surface area contributed by atoms with Gasteiger partial charge in [-0.2, -0.15) is 0 Å². The molecule has 0 aliphatic heterocycles. The summed E-state index contributed by atoms with van der Waals surface area (Å²) in [6.07, 6.45) is 2.28. The molecule has 0 amide bonds. The molecule has 116 valence electrons. The molecule has 7 heteroatoms. The van der Waals surface area contributed by atoms with E-state index in [1.165, 1.54) is 6.08 Å². The van der Waals surface area contributed by atoms with E-state index >= 15 is 0 Å². The van der Waals surface area contributed by atoms with E-state index in [9.17, 15) is 13.2 Å². The van der Waals surface area contributed by atoms with Gasteiger partial charge in [0.05, 0.1) is 11.0 Å². The van der Waals surface area contributed by atoms with E-state index in [4.69, 9.17) is 9.84 Å². The lowest BCUT2D eigenvalue weighted by molar-refractivity contribution is -0.131. The zero-order valence-corrected chi connectivity index (χ0v) is 13.1. The molecule has 0 aliphatic rings. The monoisotopic (exact) mass is 313 g/mol. The first kappa shape index (κ1) is 17.2. The van der Waals surface area contributed by atoms with E-state index in [0.29, 0.717) is 17.1 Å². The van der Waals surface area contributed by atoms with Crippen LogP contribution in [0.5, 0.6) is 5.75 Å². The summed E-state index contributed by atoms with van der Waals surface area (Å²) in [5, 5.41) is 8.19. The lowest BCUT2D eigenvalue weighted by Gasteiger charge is -2.11. The van der Waals surface area contributed by atoms with Gasteiger partial charge in [-0.1, -0.05) is 0 Å². The van der Waals surface area contributed by atoms with Crippen LogP contribution in [-0.2, 0) is 14.6 Å². The van der Waals surface area contributed by atoms with Crippen LogP contribution in [0.15, 0.2) is 18.2 Å². The molecule has 1 heterocycles. The number of aliphatic carboxylic acids is 1. The van der Waals surface area contributed by atoms with Crippen LogP contribution < -0.4 is 4.74 Å². The number of sulfone groups is 1. The van der Waals surface area contributed by atoms with Crippen molar-refractivity contribution in [3.63, 3.8) is 0 Å². The van der Waals surface area contributed by atoms with Crippen molar-refractivity contribution >= 4 is 21.9 Å². The highest BCUT2D eigenvalue weighted by atomic mass is 32.2. The van der Waals surface area contributed by atoms with Crippen molar-refractivity contribution in [2.24, 2.45) is 0 Å². The SMILES string of the molecule is Cc1ccc(OCCS(=O)(=O)C(C)C)c(/C=C/C(=O)O)n1.